The molecule has 0 spiro atoms. The van der Waals surface area contributed by atoms with Gasteiger partial charge < -0.3 is 4.74 Å². The van der Waals surface area contributed by atoms with Gasteiger partial charge in [-0.25, -0.2) is 9.37 Å². The van der Waals surface area contributed by atoms with Crippen molar-refractivity contribution >= 4 is 10.9 Å². The summed E-state index contributed by atoms with van der Waals surface area (Å²) in [7, 11) is 0. The Morgan fingerprint density at radius 1 is 1.03 bits per heavy atom. The Bertz CT molecular complexity index is 1350. The molecule has 2 unspecified atom stereocenters. The van der Waals surface area contributed by atoms with Crippen LogP contribution in [0.2, 0.25) is 0 Å². The van der Waals surface area contributed by atoms with Crippen LogP contribution in [0.25, 0.3) is 16.6 Å². The van der Waals surface area contributed by atoms with E-state index < -0.39 is 18.1 Å². The van der Waals surface area contributed by atoms with Gasteiger partial charge in [0.15, 0.2) is 0 Å². The van der Waals surface area contributed by atoms with E-state index in [0.29, 0.717) is 28.8 Å². The van der Waals surface area contributed by atoms with Crippen LogP contribution in [-0.2, 0) is 16.8 Å². The van der Waals surface area contributed by atoms with Gasteiger partial charge in [0.05, 0.1) is 22.8 Å². The molecule has 2 aromatic carbocycles. The quantitative estimate of drug-likeness (QED) is 0.347. The van der Waals surface area contributed by atoms with E-state index >= 15 is 0 Å². The molecule has 1 aliphatic rings. The molecule has 32 heavy (non-hydrogen) atoms. The topological polar surface area (TPSA) is 60.3 Å². The number of hydrogen-bond acceptors (Lipinski definition) is 4. The summed E-state index contributed by atoms with van der Waals surface area (Å²) >= 11 is 0. The van der Waals surface area contributed by atoms with E-state index in [4.69, 9.17) is 0 Å². The van der Waals surface area contributed by atoms with Crippen molar-refractivity contribution in [3.05, 3.63) is 100 Å². The number of nitrogens with zero attached hydrogens (tertiary/aromatic N) is 3. The first-order valence-corrected chi connectivity index (χ1v) is 9.70. The highest BCUT2D eigenvalue weighted by Gasteiger charge is 2.76. The number of ether oxygens (including phenoxy) is 1. The molecule has 0 N–H and O–H groups in total. The number of alkyl halides is 4. The summed E-state index contributed by atoms with van der Waals surface area (Å²) in [5.41, 5.74) is -2.08. The van der Waals surface area contributed by atoms with Crippen molar-refractivity contribution in [2.45, 2.75) is 24.6 Å². The van der Waals surface area contributed by atoms with Crippen LogP contribution in [0.4, 0.5) is 17.6 Å². The molecule has 0 radical (unpaired) electrons. The minimum atomic E-state index is -4.90. The maximum atomic E-state index is 13.6. The molecule has 5 nitrogen and oxygen atoms in total. The van der Waals surface area contributed by atoms with E-state index in [9.17, 15) is 22.4 Å². The molecule has 0 aliphatic carbocycles. The first kappa shape index (κ1) is 20.3. The second-order valence-corrected chi connectivity index (χ2v) is 7.44. The fraction of sp³-hybridized carbons (Fsp3) is 0.174. The molecular weight excluding hydrogens is 426 g/mol. The zero-order valence-corrected chi connectivity index (χ0v) is 16.4. The molecule has 2 atom stereocenters. The lowest BCUT2D eigenvalue weighted by atomic mass is 9.98. The first-order chi connectivity index (χ1) is 15.3. The highest BCUT2D eigenvalue weighted by atomic mass is 19.4. The molecule has 1 aliphatic heterocycles. The minimum Gasteiger partial charge on any atom is -0.319 e. The van der Waals surface area contributed by atoms with Gasteiger partial charge in [0.25, 0.3) is 5.56 Å². The average Bonchev–Trinajstić information content (AvgIpc) is 3.48. The van der Waals surface area contributed by atoms with Gasteiger partial charge in [-0.3, -0.25) is 14.3 Å². The molecule has 3 heterocycles. The van der Waals surface area contributed by atoms with Gasteiger partial charge in [-0.1, -0.05) is 42.5 Å². The number of fused-ring (bicyclic) bond motifs is 1. The van der Waals surface area contributed by atoms with E-state index in [0.717, 1.165) is 17.7 Å². The third kappa shape index (κ3) is 3.16. The molecule has 162 valence electrons. The van der Waals surface area contributed by atoms with Gasteiger partial charge in [0, 0.05) is 12.6 Å². The second-order valence-electron chi connectivity index (χ2n) is 7.44. The Kier molecular flexibility index (Phi) is 4.59. The molecule has 5 rings (SSSR count). The van der Waals surface area contributed by atoms with Crippen molar-refractivity contribution in [1.82, 2.24) is 14.5 Å². The Balaban J connectivity index is 1.64. The van der Waals surface area contributed by atoms with E-state index in [1.165, 1.54) is 35.2 Å². The maximum absolute atomic E-state index is 13.6. The minimum absolute atomic E-state index is 0.310. The molecule has 4 aromatic rings. The van der Waals surface area contributed by atoms with E-state index in [-0.39, 0.29) is 11.1 Å². The normalized spacial score (nSPS) is 20.4. The van der Waals surface area contributed by atoms with Crippen LogP contribution in [0, 0.1) is 0 Å². The van der Waals surface area contributed by atoms with Crippen molar-refractivity contribution in [1.29, 1.82) is 0 Å². The number of aromatic nitrogens is 3. The Morgan fingerprint density at radius 2 is 1.72 bits per heavy atom. The van der Waals surface area contributed by atoms with Gasteiger partial charge in [0.2, 0.25) is 12.0 Å². The number of benzene rings is 2. The number of pyridine rings is 1. The SMILES string of the molecule is O=c1c2ccncc2nc(Cc2ccccc2)n1-c1ccc(C2(C(F)(F)F)OC2F)cc1. The fourth-order valence-corrected chi connectivity index (χ4v) is 3.79. The maximum Gasteiger partial charge on any atom is 0.427 e. The van der Waals surface area contributed by atoms with Gasteiger partial charge in [-0.05, 0) is 29.3 Å². The summed E-state index contributed by atoms with van der Waals surface area (Å²) in [4.78, 5) is 21.9. The monoisotopic (exact) mass is 441 g/mol. The summed E-state index contributed by atoms with van der Waals surface area (Å²) < 4.78 is 59.3. The predicted molar refractivity (Wildman–Crippen MR) is 108 cm³/mol. The van der Waals surface area contributed by atoms with Crippen LogP contribution in [0.1, 0.15) is 17.0 Å². The number of rotatable bonds is 4. The molecule has 0 amide bonds. The van der Waals surface area contributed by atoms with Crippen molar-refractivity contribution < 1.29 is 22.3 Å². The van der Waals surface area contributed by atoms with Crippen LogP contribution in [-0.4, -0.2) is 27.1 Å². The lowest BCUT2D eigenvalue weighted by Crippen LogP contribution is -2.32. The van der Waals surface area contributed by atoms with E-state index in [2.05, 4.69) is 14.7 Å². The zero-order valence-electron chi connectivity index (χ0n) is 16.4. The highest BCUT2D eigenvalue weighted by Crippen LogP contribution is 2.57. The fourth-order valence-electron chi connectivity index (χ4n) is 3.79. The van der Waals surface area contributed by atoms with Crippen molar-refractivity contribution in [3.63, 3.8) is 0 Å². The summed E-state index contributed by atoms with van der Waals surface area (Å²) in [5.74, 6) is 0.394. The van der Waals surface area contributed by atoms with Crippen molar-refractivity contribution in [2.75, 3.05) is 0 Å². The standard InChI is InChI=1S/C23H15F4N3O2/c24-21-22(32-21,23(25,26)27)15-6-8-16(9-7-15)30-19(12-14-4-2-1-3-5-14)29-18-13-28-11-10-17(18)20(30)31/h1-11,13,21H,12H2. The molecule has 1 fully saturated rings. The van der Waals surface area contributed by atoms with Gasteiger partial charge in [0.1, 0.15) is 5.82 Å². The van der Waals surface area contributed by atoms with Gasteiger partial charge in [-0.15, -0.1) is 0 Å². The van der Waals surface area contributed by atoms with Crippen LogP contribution < -0.4 is 5.56 Å². The molecular formula is C23H15F4N3O2. The van der Waals surface area contributed by atoms with E-state index in [1.807, 2.05) is 30.3 Å². The third-order valence-corrected chi connectivity index (χ3v) is 5.47. The zero-order chi connectivity index (χ0) is 22.5. The van der Waals surface area contributed by atoms with Crippen molar-refractivity contribution in [2.24, 2.45) is 0 Å². The molecule has 0 saturated carbocycles. The Morgan fingerprint density at radius 3 is 2.34 bits per heavy atom. The lowest BCUT2D eigenvalue weighted by molar-refractivity contribution is -0.188. The van der Waals surface area contributed by atoms with Crippen molar-refractivity contribution in [3.8, 4) is 5.69 Å². The summed E-state index contributed by atoms with van der Waals surface area (Å²) in [6.45, 7) is 0. The highest BCUT2D eigenvalue weighted by molar-refractivity contribution is 5.76. The first-order valence-electron chi connectivity index (χ1n) is 9.70. The largest absolute Gasteiger partial charge is 0.427 e. The summed E-state index contributed by atoms with van der Waals surface area (Å²) in [5, 5.41) is 0.321. The summed E-state index contributed by atoms with van der Waals surface area (Å²) in [6, 6.07) is 15.8. The van der Waals surface area contributed by atoms with Gasteiger partial charge in [-0.2, -0.15) is 13.2 Å². The predicted octanol–water partition coefficient (Wildman–Crippen LogP) is 4.45. The summed E-state index contributed by atoms with van der Waals surface area (Å²) in [6.07, 6.45) is -4.10. The molecule has 9 heteroatoms. The Labute approximate surface area is 178 Å². The number of hydrogen-bond donors (Lipinski definition) is 0. The molecule has 0 bridgehead atoms. The second kappa shape index (κ2) is 7.23. The Hall–Kier alpha value is -3.59. The van der Waals surface area contributed by atoms with Crippen LogP contribution in [0.5, 0.6) is 0 Å². The number of halogens is 4. The third-order valence-electron chi connectivity index (χ3n) is 5.47. The van der Waals surface area contributed by atoms with Crippen LogP contribution >= 0.6 is 0 Å². The van der Waals surface area contributed by atoms with Crippen LogP contribution in [0.15, 0.2) is 77.9 Å². The lowest BCUT2D eigenvalue weighted by Gasteiger charge is -2.17. The number of epoxide rings is 1. The van der Waals surface area contributed by atoms with E-state index in [1.54, 1.807) is 0 Å². The molecule has 2 aromatic heterocycles. The van der Waals surface area contributed by atoms with Crippen LogP contribution in [0.3, 0.4) is 0 Å². The smallest absolute Gasteiger partial charge is 0.319 e. The van der Waals surface area contributed by atoms with Gasteiger partial charge >= 0.3 is 6.18 Å². The average molecular weight is 441 g/mol. The molecule has 1 saturated heterocycles.